The smallest absolute Gasteiger partial charge is 0.410 e. The van der Waals surface area contributed by atoms with E-state index in [9.17, 15) is 19.8 Å². The Kier molecular flexibility index (Phi) is 7.85. The molecule has 0 aromatic carbocycles. The fourth-order valence-corrected chi connectivity index (χ4v) is 3.78. The van der Waals surface area contributed by atoms with Crippen LogP contribution in [0.1, 0.15) is 31.3 Å². The summed E-state index contributed by atoms with van der Waals surface area (Å²) in [6, 6.07) is 0.0716. The Labute approximate surface area is 206 Å². The molecule has 1 saturated heterocycles. The van der Waals surface area contributed by atoms with Gasteiger partial charge in [-0.2, -0.15) is 0 Å². The molecular weight excluding hydrogens is 474 g/mol. The molecule has 1 saturated carbocycles. The number of nitrogens with zero attached hydrogens (tertiary/aromatic N) is 5. The first-order valence-corrected chi connectivity index (χ1v) is 11.5. The first-order chi connectivity index (χ1) is 17.3. The Hall–Kier alpha value is -3.51. The summed E-state index contributed by atoms with van der Waals surface area (Å²) in [6.07, 6.45) is -2.07. The molecular formula is C22H29N7O7. The molecule has 0 unspecified atom stereocenters. The highest BCUT2D eigenvalue weighted by Gasteiger charge is 2.48. The molecule has 194 valence electrons. The van der Waals surface area contributed by atoms with Gasteiger partial charge >= 0.3 is 6.09 Å². The van der Waals surface area contributed by atoms with Crippen LogP contribution in [0.4, 0.5) is 10.6 Å². The summed E-state index contributed by atoms with van der Waals surface area (Å²) in [4.78, 5) is 38.5. The number of imidazole rings is 1. The number of carbonyl (C=O) groups excluding carboxylic acids is 2. The van der Waals surface area contributed by atoms with E-state index in [1.165, 1.54) is 22.9 Å². The summed E-state index contributed by atoms with van der Waals surface area (Å²) in [5.41, 5.74) is 6.49. The van der Waals surface area contributed by atoms with Gasteiger partial charge < -0.3 is 35.5 Å². The van der Waals surface area contributed by atoms with Crippen molar-refractivity contribution in [1.82, 2.24) is 29.7 Å². The molecule has 2 aliphatic rings. The Bertz CT molecular complexity index is 1170. The summed E-state index contributed by atoms with van der Waals surface area (Å²) in [5.74, 6) is 5.21. The van der Waals surface area contributed by atoms with Gasteiger partial charge in [0.2, 0.25) is 5.82 Å². The molecule has 2 aromatic heterocycles. The van der Waals surface area contributed by atoms with Crippen molar-refractivity contribution in [2.75, 3.05) is 39.6 Å². The van der Waals surface area contributed by atoms with Crippen LogP contribution in [0, 0.1) is 11.8 Å². The average molecular weight is 504 g/mol. The first-order valence-electron chi connectivity index (χ1n) is 11.5. The number of nitrogens with one attached hydrogen (secondary N) is 1. The predicted molar refractivity (Wildman–Crippen MR) is 124 cm³/mol. The lowest BCUT2D eigenvalue weighted by atomic mass is 10.1. The quantitative estimate of drug-likeness (QED) is 0.249. The van der Waals surface area contributed by atoms with Crippen LogP contribution in [0.5, 0.6) is 0 Å². The van der Waals surface area contributed by atoms with Crippen molar-refractivity contribution in [3.8, 4) is 11.8 Å². The summed E-state index contributed by atoms with van der Waals surface area (Å²) in [7, 11) is 2.86. The largest absolute Gasteiger partial charge is 0.453 e. The third kappa shape index (κ3) is 5.49. The van der Waals surface area contributed by atoms with E-state index < -0.39 is 36.5 Å². The normalized spacial score (nSPS) is 23.2. The van der Waals surface area contributed by atoms with Crippen LogP contribution < -0.4 is 11.1 Å². The Morgan fingerprint density at radius 3 is 2.78 bits per heavy atom. The number of aliphatic hydroxyl groups is 2. The number of rotatable bonds is 8. The molecule has 14 nitrogen and oxygen atoms in total. The molecule has 14 heteroatoms. The van der Waals surface area contributed by atoms with Gasteiger partial charge in [0.15, 0.2) is 23.8 Å². The molecule has 2 amide bonds. The topological polar surface area (TPSA) is 187 Å². The minimum atomic E-state index is -1.44. The van der Waals surface area contributed by atoms with Gasteiger partial charge in [0.1, 0.15) is 17.7 Å². The molecule has 0 bridgehead atoms. The van der Waals surface area contributed by atoms with Crippen molar-refractivity contribution < 1.29 is 34.0 Å². The second kappa shape index (κ2) is 11.0. The molecule has 1 aliphatic heterocycles. The Morgan fingerprint density at radius 2 is 2.08 bits per heavy atom. The van der Waals surface area contributed by atoms with Crippen LogP contribution in [-0.2, 0) is 19.0 Å². The van der Waals surface area contributed by atoms with Crippen molar-refractivity contribution in [1.29, 1.82) is 0 Å². The maximum atomic E-state index is 12.4. The van der Waals surface area contributed by atoms with Gasteiger partial charge in [0, 0.05) is 26.3 Å². The van der Waals surface area contributed by atoms with E-state index in [4.69, 9.17) is 19.9 Å². The van der Waals surface area contributed by atoms with E-state index in [1.807, 2.05) is 0 Å². The number of ether oxygens (including phenoxy) is 3. The number of hydrogen-bond acceptors (Lipinski definition) is 11. The third-order valence-electron chi connectivity index (χ3n) is 5.82. The Morgan fingerprint density at radius 1 is 1.31 bits per heavy atom. The zero-order chi connectivity index (χ0) is 25.8. The summed E-state index contributed by atoms with van der Waals surface area (Å²) >= 11 is 0. The van der Waals surface area contributed by atoms with Crippen LogP contribution >= 0.6 is 0 Å². The minimum absolute atomic E-state index is 0.0454. The van der Waals surface area contributed by atoms with Gasteiger partial charge in [-0.3, -0.25) is 14.3 Å². The van der Waals surface area contributed by atoms with E-state index in [0.29, 0.717) is 19.6 Å². The summed E-state index contributed by atoms with van der Waals surface area (Å²) in [6.45, 7) is 0.929. The molecule has 1 aliphatic carbocycles. The van der Waals surface area contributed by atoms with E-state index in [1.54, 1.807) is 7.11 Å². The standard InChI is InChI=1S/C22H29N7O7/c1-34-10-4-9-28(22(33)35-2)8-3-5-13-26-18(23)14-19(27-13)29(11-24-14)21-16(31)15(30)17(36-21)20(32)25-12-6-7-12/h11-12,15-17,21,30-31H,4,6-10H2,1-2H3,(H,25,32)(H2,23,26,27)/t15-,16+,17-,21+/m0/s1. The number of anilines is 1. The van der Waals surface area contributed by atoms with Crippen LogP contribution in [0.25, 0.3) is 11.2 Å². The SMILES string of the molecule is COCCCN(CC#Cc1nc(N)c2ncn([C@@H]3O[C@H](C(=O)NC4CC4)[C@@H](O)[C@H]3O)c2n1)C(=O)OC. The zero-order valence-electron chi connectivity index (χ0n) is 20.0. The summed E-state index contributed by atoms with van der Waals surface area (Å²) < 4.78 is 16.9. The lowest BCUT2D eigenvalue weighted by molar-refractivity contribution is -0.137. The number of fused-ring (bicyclic) bond motifs is 1. The fraction of sp³-hybridized carbons (Fsp3) is 0.591. The van der Waals surface area contributed by atoms with E-state index >= 15 is 0 Å². The van der Waals surface area contributed by atoms with Crippen molar-refractivity contribution in [3.63, 3.8) is 0 Å². The monoisotopic (exact) mass is 503 g/mol. The van der Waals surface area contributed by atoms with E-state index in [2.05, 4.69) is 32.1 Å². The number of nitrogen functional groups attached to an aromatic ring is 1. The number of carbonyl (C=O) groups is 2. The molecule has 36 heavy (non-hydrogen) atoms. The van der Waals surface area contributed by atoms with E-state index in [-0.39, 0.29) is 35.4 Å². The molecule has 4 rings (SSSR count). The lowest BCUT2D eigenvalue weighted by Crippen LogP contribution is -2.43. The van der Waals surface area contributed by atoms with Gasteiger partial charge in [-0.1, -0.05) is 5.92 Å². The van der Waals surface area contributed by atoms with Crippen LogP contribution in [-0.4, -0.2) is 105 Å². The third-order valence-corrected chi connectivity index (χ3v) is 5.82. The number of amides is 2. The molecule has 3 heterocycles. The molecule has 2 aromatic rings. The second-order valence-corrected chi connectivity index (χ2v) is 8.51. The van der Waals surface area contributed by atoms with Gasteiger partial charge in [-0.05, 0) is 25.2 Å². The van der Waals surface area contributed by atoms with Gasteiger partial charge in [-0.15, -0.1) is 0 Å². The van der Waals surface area contributed by atoms with E-state index in [0.717, 1.165) is 12.8 Å². The molecule has 5 N–H and O–H groups in total. The fourth-order valence-electron chi connectivity index (χ4n) is 3.78. The maximum absolute atomic E-state index is 12.4. The number of aliphatic hydroxyl groups excluding tert-OH is 2. The lowest BCUT2D eigenvalue weighted by Gasteiger charge is -2.18. The van der Waals surface area contributed by atoms with Crippen molar-refractivity contribution in [3.05, 3.63) is 12.2 Å². The minimum Gasteiger partial charge on any atom is -0.453 e. The maximum Gasteiger partial charge on any atom is 0.410 e. The van der Waals surface area contributed by atoms with Crippen LogP contribution in [0.15, 0.2) is 6.33 Å². The number of hydrogen-bond donors (Lipinski definition) is 4. The van der Waals surface area contributed by atoms with Crippen molar-refractivity contribution >= 4 is 29.0 Å². The number of aromatic nitrogens is 4. The van der Waals surface area contributed by atoms with Gasteiger partial charge in [-0.25, -0.2) is 19.7 Å². The zero-order valence-corrected chi connectivity index (χ0v) is 20.0. The highest BCUT2D eigenvalue weighted by atomic mass is 16.6. The van der Waals surface area contributed by atoms with Crippen LogP contribution in [0.3, 0.4) is 0 Å². The predicted octanol–water partition coefficient (Wildman–Crippen LogP) is -1.24. The molecule has 4 atom stereocenters. The highest BCUT2D eigenvalue weighted by molar-refractivity contribution is 5.83. The second-order valence-electron chi connectivity index (χ2n) is 8.51. The van der Waals surface area contributed by atoms with Gasteiger partial charge in [0.25, 0.3) is 5.91 Å². The molecule has 0 radical (unpaired) electrons. The van der Waals surface area contributed by atoms with Gasteiger partial charge in [0.05, 0.1) is 20.0 Å². The number of nitrogens with two attached hydrogens (primary N) is 1. The average Bonchev–Trinajstić information content (AvgIpc) is 3.50. The van der Waals surface area contributed by atoms with Crippen molar-refractivity contribution in [2.45, 2.75) is 49.8 Å². The van der Waals surface area contributed by atoms with Crippen molar-refractivity contribution in [2.24, 2.45) is 0 Å². The summed E-state index contributed by atoms with van der Waals surface area (Å²) in [5, 5.41) is 23.8. The molecule has 2 fully saturated rings. The highest BCUT2D eigenvalue weighted by Crippen LogP contribution is 2.33. The molecule has 0 spiro atoms. The first kappa shape index (κ1) is 25.6. The van der Waals surface area contributed by atoms with Crippen LogP contribution in [0.2, 0.25) is 0 Å². The Balaban J connectivity index is 1.54. The number of methoxy groups -OCH3 is 2.